The first-order chi connectivity index (χ1) is 22.6. The van der Waals surface area contributed by atoms with Gasteiger partial charge in [-0.05, 0) is 0 Å². The van der Waals surface area contributed by atoms with E-state index < -0.39 is 126 Å². The molecule has 2 aromatic heterocycles. The van der Waals surface area contributed by atoms with Gasteiger partial charge in [-0.15, -0.1) is 9.05 Å². The molecule has 2 aliphatic rings. The van der Waals surface area contributed by atoms with E-state index in [1.807, 2.05) is 9.97 Å². The lowest BCUT2D eigenvalue weighted by Crippen LogP contribution is -2.37. The third-order valence-electron chi connectivity index (χ3n) is 6.15. The van der Waals surface area contributed by atoms with Gasteiger partial charge in [0.05, 0.1) is 0 Å². The summed E-state index contributed by atoms with van der Waals surface area (Å²) in [6.45, 7) is -1.54. The van der Waals surface area contributed by atoms with Crippen molar-refractivity contribution in [3.05, 3.63) is 66.2 Å². The van der Waals surface area contributed by atoms with Crippen LogP contribution in [-0.4, -0.2) is 89.4 Å². The Morgan fingerprint density at radius 1 is 0.583 bits per heavy atom. The maximum atomic E-state index is 11.9. The van der Waals surface area contributed by atoms with E-state index in [9.17, 15) is 62.4 Å². The third kappa shape index (κ3) is 9.75. The third-order valence-corrected chi connectivity index (χ3v) is 11.1. The second-order valence-corrected chi connectivity index (χ2v) is 14.5. The zero-order chi connectivity index (χ0) is 35.3. The molecular weight excluding hydrogens is 763 g/mol. The van der Waals surface area contributed by atoms with Crippen molar-refractivity contribution in [2.24, 2.45) is 0 Å². The Labute approximate surface area is 268 Å². The number of aromatic amines is 2. The van der Waals surface area contributed by atoms with Crippen molar-refractivity contribution in [1.29, 1.82) is 0 Å². The van der Waals surface area contributed by atoms with Crippen molar-refractivity contribution in [2.75, 3.05) is 13.2 Å². The predicted octanol–water partition coefficient (Wildman–Crippen LogP) is -1.29. The Bertz CT molecular complexity index is 1680. The molecule has 25 nitrogen and oxygen atoms in total. The largest absolute Gasteiger partial charge is 0.798 e. The minimum absolute atomic E-state index is 0.735. The van der Waals surface area contributed by atoms with Crippen LogP contribution in [0.4, 0.5) is 0 Å². The SMILES string of the molecule is O=c1ccn([C@@H]2O[C@H](CO[P+](=O)O[P+](=O)O[P+](=O)O[P+](=O)O[P+](=O)OC[C@@H]3O[C@H](n4ccc(=O)[nH]c4=O)[C@@H](O)[C@H]3O)[C@@H](O)[C@H]2O)c(=O)[nH]1. The van der Waals surface area contributed by atoms with Crippen LogP contribution < -0.4 is 22.5 Å². The normalized spacial score (nSPS) is 28.6. The molecule has 0 bridgehead atoms. The molecule has 4 rings (SSSR count). The van der Waals surface area contributed by atoms with Crippen molar-refractivity contribution >= 4 is 41.3 Å². The number of nitrogens with one attached hydrogen (secondary N) is 2. The lowest BCUT2D eigenvalue weighted by molar-refractivity contribution is -0.0516. The zero-order valence-corrected chi connectivity index (χ0v) is 27.7. The summed E-state index contributed by atoms with van der Waals surface area (Å²) in [6.07, 6.45) is -10.6. The van der Waals surface area contributed by atoms with Gasteiger partial charge in [-0.1, -0.05) is 0 Å². The summed E-state index contributed by atoms with van der Waals surface area (Å²) in [6, 6.07) is 1.90. The molecule has 0 saturated carbocycles. The van der Waals surface area contributed by atoms with Gasteiger partial charge in [0.15, 0.2) is 29.7 Å². The first-order valence-corrected chi connectivity index (χ1v) is 18.1. The van der Waals surface area contributed by atoms with E-state index in [0.29, 0.717) is 0 Å². The van der Waals surface area contributed by atoms with Crippen LogP contribution in [0.5, 0.6) is 0 Å². The molecule has 2 fully saturated rings. The topological polar surface area (TPSA) is 350 Å². The van der Waals surface area contributed by atoms with Crippen molar-refractivity contribution in [2.45, 2.75) is 49.1 Å². The summed E-state index contributed by atoms with van der Waals surface area (Å²) in [4.78, 5) is 50.1. The highest BCUT2D eigenvalue weighted by Gasteiger charge is 2.58. The van der Waals surface area contributed by atoms with Crippen LogP contribution in [0.1, 0.15) is 12.5 Å². The van der Waals surface area contributed by atoms with Crippen LogP contribution in [0.3, 0.4) is 0 Å². The molecule has 48 heavy (non-hydrogen) atoms. The Hall–Kier alpha value is -2.62. The van der Waals surface area contributed by atoms with Gasteiger partial charge in [0.2, 0.25) is 0 Å². The van der Waals surface area contributed by atoms with E-state index in [4.69, 9.17) is 18.5 Å². The van der Waals surface area contributed by atoms with Gasteiger partial charge in [0.1, 0.15) is 49.8 Å². The van der Waals surface area contributed by atoms with Crippen LogP contribution >= 0.6 is 41.3 Å². The highest BCUT2D eigenvalue weighted by molar-refractivity contribution is 7.58. The number of H-pyrrole nitrogens is 2. The first-order valence-electron chi connectivity index (χ1n) is 12.6. The molecule has 5 unspecified atom stereocenters. The van der Waals surface area contributed by atoms with Crippen molar-refractivity contribution < 1.29 is 79.0 Å². The van der Waals surface area contributed by atoms with E-state index in [1.165, 1.54) is 0 Å². The Morgan fingerprint density at radius 3 is 1.25 bits per heavy atom. The Morgan fingerprint density at radius 2 is 0.917 bits per heavy atom. The smallest absolute Gasteiger partial charge is 0.387 e. The van der Waals surface area contributed by atoms with E-state index in [-0.39, 0.29) is 0 Å². The van der Waals surface area contributed by atoms with Gasteiger partial charge < -0.3 is 29.9 Å². The fourth-order valence-electron chi connectivity index (χ4n) is 4.03. The van der Waals surface area contributed by atoms with Crippen LogP contribution in [-0.2, 0) is 58.6 Å². The van der Waals surface area contributed by atoms with Gasteiger partial charge in [0.25, 0.3) is 11.1 Å². The molecule has 13 atom stereocenters. The zero-order valence-electron chi connectivity index (χ0n) is 23.2. The van der Waals surface area contributed by atoms with Gasteiger partial charge in [-0.25, -0.2) is 9.59 Å². The second kappa shape index (κ2) is 16.9. The number of rotatable bonds is 16. The summed E-state index contributed by atoms with van der Waals surface area (Å²) >= 11 is 0. The number of aliphatic hydroxyl groups is 4. The molecule has 30 heteroatoms. The molecule has 2 aromatic rings. The minimum Gasteiger partial charge on any atom is -0.387 e. The number of nitrogens with zero attached hydrogens (tertiary/aromatic N) is 2. The van der Waals surface area contributed by atoms with E-state index in [1.54, 1.807) is 0 Å². The first kappa shape index (κ1) is 38.2. The number of ether oxygens (including phenoxy) is 2. The highest BCUT2D eigenvalue weighted by atomic mass is 31.3. The summed E-state index contributed by atoms with van der Waals surface area (Å²) in [5.74, 6) is 0. The van der Waals surface area contributed by atoms with E-state index in [2.05, 4.69) is 17.2 Å². The molecule has 6 N–H and O–H groups in total. The Kier molecular flexibility index (Phi) is 13.4. The maximum absolute atomic E-state index is 11.9. The summed E-state index contributed by atoms with van der Waals surface area (Å²) in [5.41, 5.74) is -3.41. The average Bonchev–Trinajstić information content (AvgIpc) is 3.44. The van der Waals surface area contributed by atoms with Gasteiger partial charge in [-0.2, -0.15) is 0 Å². The molecule has 0 radical (unpaired) electrons. The number of hydrogen-bond donors (Lipinski definition) is 6. The standard InChI is InChI=1S/C18H20N4O21P5/c23-9-1-3-21(17(29)19-9)15-13(27)11(25)7(38-15)5-36-44(31)40-46(33)42-48(35)43-47(34)41-45(32)37-6-8-12(26)14(28)16(39-8)22-4-2-10(24)20-18(22)30/h1-4,7-8,11-16,25-28H,5-6H2/q+3/p+2/t7-,8+,11-,12+,13-,14+,15-,16+. The number of aliphatic hydroxyl groups excluding tert-OH is 4. The maximum Gasteiger partial charge on any atom is 0.798 e. The van der Waals surface area contributed by atoms with Crippen molar-refractivity contribution in [3.8, 4) is 0 Å². The number of hydrogen-bond acceptors (Lipinski definition) is 21. The molecule has 2 saturated heterocycles. The van der Waals surface area contributed by atoms with Crippen LogP contribution in [0.2, 0.25) is 0 Å². The average molecular weight is 785 g/mol. The predicted molar refractivity (Wildman–Crippen MR) is 149 cm³/mol. The molecule has 0 aliphatic carbocycles. The van der Waals surface area contributed by atoms with Gasteiger partial charge in [0, 0.05) is 47.4 Å². The molecule has 0 aromatic carbocycles. The summed E-state index contributed by atoms with van der Waals surface area (Å²) in [7, 11) is -17.4. The van der Waals surface area contributed by atoms with Crippen LogP contribution in [0, 0.1) is 0 Å². The van der Waals surface area contributed by atoms with Crippen LogP contribution in [0.25, 0.3) is 0 Å². The fourth-order valence-corrected chi connectivity index (χ4v) is 7.85. The van der Waals surface area contributed by atoms with E-state index in [0.717, 1.165) is 33.7 Å². The summed E-state index contributed by atoms with van der Waals surface area (Å²) < 4.78 is 98.0. The fraction of sp³-hybridized carbons (Fsp3) is 0.556. The quantitative estimate of drug-likeness (QED) is 0.108. The van der Waals surface area contributed by atoms with Crippen LogP contribution in [0.15, 0.2) is 43.7 Å². The molecule has 4 heterocycles. The molecular formula is C18H22N4O21P5+5. The molecule has 260 valence electrons. The lowest BCUT2D eigenvalue weighted by Gasteiger charge is -2.16. The van der Waals surface area contributed by atoms with Crippen molar-refractivity contribution in [1.82, 2.24) is 19.1 Å². The second-order valence-electron chi connectivity index (χ2n) is 9.16. The summed E-state index contributed by atoms with van der Waals surface area (Å²) in [5, 5.41) is 40.6. The monoisotopic (exact) mass is 785 g/mol. The highest BCUT2D eigenvalue weighted by Crippen LogP contribution is 2.53. The van der Waals surface area contributed by atoms with Crippen molar-refractivity contribution in [3.63, 3.8) is 0 Å². The van der Waals surface area contributed by atoms with Gasteiger partial charge in [-0.3, -0.25) is 28.7 Å². The molecule has 0 spiro atoms. The molecule has 0 amide bonds. The van der Waals surface area contributed by atoms with Gasteiger partial charge >= 0.3 is 52.7 Å². The Balaban J connectivity index is 1.15. The number of aromatic nitrogens is 4. The molecule has 2 aliphatic heterocycles. The lowest BCUT2D eigenvalue weighted by atomic mass is 10.1. The minimum atomic E-state index is -3.60. The van der Waals surface area contributed by atoms with E-state index >= 15 is 0 Å².